The Balaban J connectivity index is 1.30. The Bertz CT molecular complexity index is 1320. The van der Waals surface area contributed by atoms with Crippen molar-refractivity contribution in [3.63, 3.8) is 0 Å². The Morgan fingerprint density at radius 3 is 2.44 bits per heavy atom. The van der Waals surface area contributed by atoms with E-state index in [-0.39, 0.29) is 11.2 Å². The first kappa shape index (κ1) is 25.9. The fraction of sp³-hybridized carbons (Fsp3) is 0.486. The monoisotopic (exact) mass is 522 g/mol. The Hall–Kier alpha value is -3.32. The van der Waals surface area contributed by atoms with Crippen molar-refractivity contribution in [1.29, 1.82) is 0 Å². The van der Waals surface area contributed by atoms with Crippen LogP contribution in [0.5, 0.6) is 5.75 Å². The predicted molar refractivity (Wildman–Crippen MR) is 152 cm³/mol. The lowest BCUT2D eigenvalue weighted by Gasteiger charge is -2.57. The Morgan fingerprint density at radius 2 is 1.74 bits per heavy atom. The quantitative estimate of drug-likeness (QED) is 0.403. The van der Waals surface area contributed by atoms with Crippen LogP contribution in [0, 0.1) is 46.8 Å². The van der Waals surface area contributed by atoms with E-state index in [1.807, 2.05) is 48.5 Å². The second kappa shape index (κ2) is 10.0. The summed E-state index contributed by atoms with van der Waals surface area (Å²) in [5.74, 6) is 4.95. The molecule has 3 saturated carbocycles. The standard InChI is InChI=1S/C35H38O4/c1-3-34-20-18-29-28-17-13-26(36)22-25(28)12-16-30(29)31(34)19-21-35(34,4-2)32(33(37)38)39-27-14-10-24(11-15-27)23-8-6-5-7-9-23/h2,5-11,14-15,22,28-32H,3,12-13,16-21H2,1H3,(H,37,38)/t28?,29?,30?,31?,32?,34-,35+/m0/s1. The molecule has 5 unspecified atom stereocenters. The lowest BCUT2D eigenvalue weighted by atomic mass is 9.46. The van der Waals surface area contributed by atoms with E-state index in [1.165, 1.54) is 5.57 Å². The molecule has 1 N–H and O–H groups in total. The number of carbonyl (C=O) groups excluding carboxylic acids is 1. The molecule has 3 fully saturated rings. The number of carbonyl (C=O) groups is 2. The first-order valence-electron chi connectivity index (χ1n) is 14.7. The summed E-state index contributed by atoms with van der Waals surface area (Å²) in [7, 11) is 0. The highest BCUT2D eigenvalue weighted by molar-refractivity contribution is 5.91. The largest absolute Gasteiger partial charge is 0.478 e. The van der Waals surface area contributed by atoms with Crippen LogP contribution in [0.15, 0.2) is 66.2 Å². The highest BCUT2D eigenvalue weighted by Gasteiger charge is 2.68. The van der Waals surface area contributed by atoms with Gasteiger partial charge in [-0.3, -0.25) is 4.79 Å². The molecule has 6 rings (SSSR count). The van der Waals surface area contributed by atoms with E-state index in [0.29, 0.717) is 42.3 Å². The molecule has 202 valence electrons. The van der Waals surface area contributed by atoms with Crippen LogP contribution in [-0.4, -0.2) is 23.0 Å². The van der Waals surface area contributed by atoms with Crippen LogP contribution in [0.2, 0.25) is 0 Å². The second-order valence-electron chi connectivity index (χ2n) is 12.2. The van der Waals surface area contributed by atoms with Crippen LogP contribution in [0.1, 0.15) is 64.7 Å². The van der Waals surface area contributed by atoms with Gasteiger partial charge in [0, 0.05) is 6.42 Å². The van der Waals surface area contributed by atoms with Gasteiger partial charge in [0.2, 0.25) is 6.10 Å². The Labute approximate surface area is 231 Å². The molecular weight excluding hydrogens is 484 g/mol. The molecule has 0 amide bonds. The second-order valence-corrected chi connectivity index (χ2v) is 12.2. The van der Waals surface area contributed by atoms with Crippen molar-refractivity contribution >= 4 is 11.8 Å². The average molecular weight is 523 g/mol. The molecule has 39 heavy (non-hydrogen) atoms. The number of fused-ring (bicyclic) bond motifs is 5. The Kier molecular flexibility index (Phi) is 6.66. The number of hydrogen-bond acceptors (Lipinski definition) is 3. The first-order valence-corrected chi connectivity index (χ1v) is 14.7. The van der Waals surface area contributed by atoms with Gasteiger partial charge in [-0.25, -0.2) is 4.79 Å². The zero-order chi connectivity index (χ0) is 27.2. The summed E-state index contributed by atoms with van der Waals surface area (Å²) in [4.78, 5) is 25.0. The number of carboxylic acids is 1. The van der Waals surface area contributed by atoms with Crippen molar-refractivity contribution in [3.8, 4) is 29.2 Å². The molecule has 0 radical (unpaired) electrons. The number of aliphatic carboxylic acids is 1. The third-order valence-corrected chi connectivity index (χ3v) is 11.0. The lowest BCUT2D eigenvalue weighted by Crippen LogP contribution is -2.57. The third kappa shape index (κ3) is 4.05. The van der Waals surface area contributed by atoms with Crippen molar-refractivity contribution in [1.82, 2.24) is 0 Å². The highest BCUT2D eigenvalue weighted by atomic mass is 16.5. The topological polar surface area (TPSA) is 63.6 Å². The normalized spacial score (nSPS) is 34.1. The van der Waals surface area contributed by atoms with Gasteiger partial charge in [-0.1, -0.05) is 60.9 Å². The van der Waals surface area contributed by atoms with Crippen LogP contribution < -0.4 is 4.74 Å². The van der Waals surface area contributed by atoms with E-state index >= 15 is 0 Å². The predicted octanol–water partition coefficient (Wildman–Crippen LogP) is 7.34. The number of terminal acetylenes is 1. The van der Waals surface area contributed by atoms with Crippen LogP contribution >= 0.6 is 0 Å². The van der Waals surface area contributed by atoms with Gasteiger partial charge in [-0.05, 0) is 110 Å². The maximum absolute atomic E-state index is 12.9. The molecule has 0 saturated heterocycles. The molecule has 0 spiro atoms. The minimum absolute atomic E-state index is 0.262. The average Bonchev–Trinajstić information content (AvgIpc) is 3.31. The molecule has 0 aromatic heterocycles. The summed E-state index contributed by atoms with van der Waals surface area (Å²) >= 11 is 0. The van der Waals surface area contributed by atoms with Crippen LogP contribution in [-0.2, 0) is 9.59 Å². The molecule has 0 bridgehead atoms. The SMILES string of the molecule is C#C[C@]1(C(Oc2ccc(-c3ccccc3)cc2)C(=O)O)CCC2C3CCC4=CC(=O)CCC4C3CC[C@@]21CC. The van der Waals surface area contributed by atoms with Gasteiger partial charge >= 0.3 is 5.97 Å². The summed E-state index contributed by atoms with van der Waals surface area (Å²) < 4.78 is 6.37. The molecule has 2 aromatic carbocycles. The van der Waals surface area contributed by atoms with Gasteiger partial charge in [0.25, 0.3) is 0 Å². The number of rotatable bonds is 6. The van der Waals surface area contributed by atoms with E-state index in [2.05, 4.69) is 25.0 Å². The maximum atomic E-state index is 12.9. The summed E-state index contributed by atoms with van der Waals surface area (Å²) in [6, 6.07) is 17.8. The van der Waals surface area contributed by atoms with Gasteiger partial charge in [0.05, 0.1) is 5.41 Å². The number of ether oxygens (including phenoxy) is 1. The van der Waals surface area contributed by atoms with Crippen molar-refractivity contribution in [2.75, 3.05) is 0 Å². The van der Waals surface area contributed by atoms with Gasteiger partial charge < -0.3 is 9.84 Å². The molecule has 0 aliphatic heterocycles. The van der Waals surface area contributed by atoms with Gasteiger partial charge in [0.1, 0.15) is 5.75 Å². The fourth-order valence-electron chi connectivity index (χ4n) is 9.36. The highest BCUT2D eigenvalue weighted by Crippen LogP contribution is 2.70. The molecule has 2 aromatic rings. The minimum Gasteiger partial charge on any atom is -0.478 e. The summed E-state index contributed by atoms with van der Waals surface area (Å²) in [6.45, 7) is 2.20. The van der Waals surface area contributed by atoms with E-state index in [1.54, 1.807) is 0 Å². The zero-order valence-corrected chi connectivity index (χ0v) is 22.8. The van der Waals surface area contributed by atoms with E-state index in [4.69, 9.17) is 11.2 Å². The van der Waals surface area contributed by atoms with Crippen molar-refractivity contribution < 1.29 is 19.4 Å². The van der Waals surface area contributed by atoms with E-state index in [9.17, 15) is 14.7 Å². The van der Waals surface area contributed by atoms with Gasteiger partial charge in [-0.15, -0.1) is 6.42 Å². The molecular formula is C35H38O4. The number of hydrogen-bond donors (Lipinski definition) is 1. The molecule has 4 aliphatic rings. The van der Waals surface area contributed by atoms with Gasteiger partial charge in [0.15, 0.2) is 5.78 Å². The summed E-state index contributed by atoms with van der Waals surface area (Å²) in [5.41, 5.74) is 2.40. The molecule has 7 atom stereocenters. The Morgan fingerprint density at radius 1 is 1.00 bits per heavy atom. The molecule has 4 aliphatic carbocycles. The van der Waals surface area contributed by atoms with Crippen molar-refractivity contribution in [2.45, 2.75) is 70.8 Å². The fourth-order valence-corrected chi connectivity index (χ4v) is 9.36. The number of benzene rings is 2. The molecule has 4 heteroatoms. The van der Waals surface area contributed by atoms with Crippen molar-refractivity contribution in [2.24, 2.45) is 34.5 Å². The van der Waals surface area contributed by atoms with Crippen molar-refractivity contribution in [3.05, 3.63) is 66.2 Å². The summed E-state index contributed by atoms with van der Waals surface area (Å²) in [5, 5.41) is 10.6. The lowest BCUT2D eigenvalue weighted by molar-refractivity contribution is -0.159. The summed E-state index contributed by atoms with van der Waals surface area (Å²) in [6.07, 6.45) is 15.4. The smallest absolute Gasteiger partial charge is 0.346 e. The number of allylic oxidation sites excluding steroid dienone is 1. The first-order chi connectivity index (χ1) is 18.9. The zero-order valence-electron chi connectivity index (χ0n) is 22.8. The molecule has 4 nitrogen and oxygen atoms in total. The van der Waals surface area contributed by atoms with E-state index in [0.717, 1.165) is 56.1 Å². The van der Waals surface area contributed by atoms with Crippen LogP contribution in [0.4, 0.5) is 0 Å². The number of ketones is 1. The minimum atomic E-state index is -1.10. The van der Waals surface area contributed by atoms with E-state index < -0.39 is 17.5 Å². The third-order valence-electron chi connectivity index (χ3n) is 11.0. The van der Waals surface area contributed by atoms with Crippen LogP contribution in [0.25, 0.3) is 11.1 Å². The molecule has 0 heterocycles. The number of carboxylic acid groups (broad SMARTS) is 1. The maximum Gasteiger partial charge on any atom is 0.346 e. The van der Waals surface area contributed by atoms with Gasteiger partial charge in [-0.2, -0.15) is 0 Å². The van der Waals surface area contributed by atoms with Crippen LogP contribution in [0.3, 0.4) is 0 Å².